The van der Waals surface area contributed by atoms with Gasteiger partial charge in [0, 0.05) is 13.8 Å². The molecule has 0 aliphatic carbocycles. The van der Waals surface area contributed by atoms with Gasteiger partial charge in [0.25, 0.3) is 0 Å². The predicted molar refractivity (Wildman–Crippen MR) is 119 cm³/mol. The topological polar surface area (TPSA) is 125 Å². The van der Waals surface area contributed by atoms with E-state index in [1.807, 2.05) is 41.5 Å². The third kappa shape index (κ3) is 13.7. The second-order valence-electron chi connectivity index (χ2n) is 8.62. The van der Waals surface area contributed by atoms with E-state index in [0.717, 1.165) is 12.5 Å². The van der Waals surface area contributed by atoms with Crippen LogP contribution >= 0.6 is 0 Å². The van der Waals surface area contributed by atoms with Gasteiger partial charge in [-0.1, -0.05) is 13.8 Å². The van der Waals surface area contributed by atoms with Crippen LogP contribution in [0.15, 0.2) is 23.7 Å². The Hall–Kier alpha value is -2.79. The molecule has 0 amide bonds. The van der Waals surface area contributed by atoms with E-state index in [0.29, 0.717) is 12.8 Å². The minimum atomic E-state index is -1.28. The summed E-state index contributed by atoms with van der Waals surface area (Å²) in [7, 11) is 0. The number of carbonyl (C=O) groups is 3. The molecule has 2 atom stereocenters. The molecule has 196 valence electrons. The summed E-state index contributed by atoms with van der Waals surface area (Å²) in [4.78, 5) is 56.0. The van der Waals surface area contributed by atoms with Crippen LogP contribution in [0, 0.1) is 0 Å². The van der Waals surface area contributed by atoms with E-state index in [9.17, 15) is 14.4 Å². The molecule has 0 N–H and O–H groups in total. The van der Waals surface area contributed by atoms with Crippen LogP contribution < -0.4 is 0 Å². The number of ether oxygens (including phenoxy) is 4. The quantitative estimate of drug-likeness (QED) is 0.0815. The van der Waals surface area contributed by atoms with Gasteiger partial charge in [-0.05, 0) is 54.4 Å². The molecule has 0 aromatic heterocycles. The van der Waals surface area contributed by atoms with Crippen molar-refractivity contribution >= 4 is 18.1 Å². The molecule has 0 saturated carbocycles. The monoisotopic (exact) mass is 490 g/mol. The molecule has 2 unspecified atom stereocenters. The predicted octanol–water partition coefficient (Wildman–Crippen LogP) is 5.00. The lowest BCUT2D eigenvalue weighted by molar-refractivity contribution is -0.317. The average molecular weight is 491 g/mol. The molecule has 0 aromatic rings. The molecule has 11 nitrogen and oxygen atoms in total. The van der Waals surface area contributed by atoms with Crippen molar-refractivity contribution in [3.05, 3.63) is 23.7 Å². The van der Waals surface area contributed by atoms with E-state index < -0.39 is 41.9 Å². The maximum Gasteiger partial charge on any atom is 0.514 e. The van der Waals surface area contributed by atoms with Crippen molar-refractivity contribution in [3.8, 4) is 0 Å². The zero-order valence-electron chi connectivity index (χ0n) is 21.7. The fourth-order valence-corrected chi connectivity index (χ4v) is 1.50. The first-order valence-electron chi connectivity index (χ1n) is 10.9. The SMILES string of the molecule is CCC(C)(C)OO/C=C(\C)C(=O)OC(C)OC(=O)OC(C)OC(=O)/C(C)=C/OOC(C)(C)CC. The van der Waals surface area contributed by atoms with Gasteiger partial charge in [0.05, 0.1) is 11.1 Å². The molecule has 0 spiro atoms. The van der Waals surface area contributed by atoms with E-state index in [1.165, 1.54) is 27.7 Å². The van der Waals surface area contributed by atoms with E-state index in [-0.39, 0.29) is 11.1 Å². The van der Waals surface area contributed by atoms with Gasteiger partial charge in [-0.15, -0.1) is 0 Å². The van der Waals surface area contributed by atoms with Crippen LogP contribution in [0.25, 0.3) is 0 Å². The number of carbonyl (C=O) groups excluding carboxylic acids is 3. The standard InChI is InChI=1S/C23H38O11/c1-11-22(7,8)33-27-13-15(3)19(24)29-17(5)31-21(26)32-18(6)30-20(25)16(4)14-28-34-23(9,10)12-2/h13-14,17-18H,11-12H2,1-10H3/b15-13+,16-14+. The second-order valence-corrected chi connectivity index (χ2v) is 8.62. The number of hydrogen-bond acceptors (Lipinski definition) is 11. The Morgan fingerprint density at radius 3 is 1.29 bits per heavy atom. The lowest BCUT2D eigenvalue weighted by atomic mass is 10.1. The highest BCUT2D eigenvalue weighted by Crippen LogP contribution is 2.16. The minimum absolute atomic E-state index is 0.0776. The van der Waals surface area contributed by atoms with Crippen molar-refractivity contribution in [2.24, 2.45) is 0 Å². The maximum absolute atomic E-state index is 12.0. The van der Waals surface area contributed by atoms with E-state index >= 15 is 0 Å². The molecule has 34 heavy (non-hydrogen) atoms. The van der Waals surface area contributed by atoms with Crippen molar-refractivity contribution in [2.45, 2.75) is 106 Å². The zero-order valence-corrected chi connectivity index (χ0v) is 21.7. The van der Waals surface area contributed by atoms with E-state index in [4.69, 9.17) is 38.5 Å². The largest absolute Gasteiger partial charge is 0.514 e. The molecule has 0 aliphatic rings. The van der Waals surface area contributed by atoms with Crippen LogP contribution in [-0.4, -0.2) is 41.9 Å². The summed E-state index contributed by atoms with van der Waals surface area (Å²) < 4.78 is 19.6. The minimum Gasteiger partial charge on any atom is -0.422 e. The van der Waals surface area contributed by atoms with E-state index in [1.54, 1.807) is 0 Å². The van der Waals surface area contributed by atoms with Crippen molar-refractivity contribution in [1.29, 1.82) is 0 Å². The highest BCUT2D eigenvalue weighted by molar-refractivity contribution is 5.88. The summed E-state index contributed by atoms with van der Waals surface area (Å²) in [6, 6.07) is 0. The summed E-state index contributed by atoms with van der Waals surface area (Å²) >= 11 is 0. The number of esters is 2. The molecule has 0 aromatic carbocycles. The smallest absolute Gasteiger partial charge is 0.422 e. The van der Waals surface area contributed by atoms with Crippen LogP contribution in [0.4, 0.5) is 4.79 Å². The van der Waals surface area contributed by atoms with Crippen molar-refractivity contribution in [3.63, 3.8) is 0 Å². The van der Waals surface area contributed by atoms with Crippen molar-refractivity contribution in [2.75, 3.05) is 0 Å². The molecule has 0 aliphatic heterocycles. The lowest BCUT2D eigenvalue weighted by Gasteiger charge is -2.20. The Labute approximate surface area is 201 Å². The van der Waals surface area contributed by atoms with Gasteiger partial charge in [0.15, 0.2) is 0 Å². The number of rotatable bonds is 14. The molecule has 0 rings (SSSR count). The molecule has 11 heteroatoms. The van der Waals surface area contributed by atoms with Gasteiger partial charge < -0.3 is 28.7 Å². The fraction of sp³-hybridized carbons (Fsp3) is 0.696. The van der Waals surface area contributed by atoms with Crippen LogP contribution in [0.3, 0.4) is 0 Å². The normalized spacial score (nSPS) is 14.5. The maximum atomic E-state index is 12.0. The zero-order chi connectivity index (χ0) is 26.5. The number of hydrogen-bond donors (Lipinski definition) is 0. The third-order valence-electron chi connectivity index (χ3n) is 4.41. The van der Waals surface area contributed by atoms with Crippen LogP contribution in [0.2, 0.25) is 0 Å². The molecular weight excluding hydrogens is 452 g/mol. The van der Waals surface area contributed by atoms with Crippen LogP contribution in [0.5, 0.6) is 0 Å². The average Bonchev–Trinajstić information content (AvgIpc) is 2.72. The molecule has 0 heterocycles. The van der Waals surface area contributed by atoms with Crippen LogP contribution in [0.1, 0.15) is 82.1 Å². The van der Waals surface area contributed by atoms with Gasteiger partial charge >= 0.3 is 18.1 Å². The second kappa shape index (κ2) is 14.5. The highest BCUT2D eigenvalue weighted by Gasteiger charge is 2.22. The molecule has 0 saturated heterocycles. The van der Waals surface area contributed by atoms with E-state index in [2.05, 4.69) is 0 Å². The summed E-state index contributed by atoms with van der Waals surface area (Å²) in [6.45, 7) is 16.6. The Balaban J connectivity index is 4.49. The first-order chi connectivity index (χ1) is 15.6. The van der Waals surface area contributed by atoms with Crippen molar-refractivity contribution in [1.82, 2.24) is 0 Å². The fourth-order valence-electron chi connectivity index (χ4n) is 1.50. The molecule has 0 fully saturated rings. The molecule has 0 bridgehead atoms. The third-order valence-corrected chi connectivity index (χ3v) is 4.41. The summed E-state index contributed by atoms with van der Waals surface area (Å²) in [5.41, 5.74) is -0.896. The van der Waals surface area contributed by atoms with Crippen molar-refractivity contribution < 1.29 is 52.9 Å². The Morgan fingerprint density at radius 2 is 1.00 bits per heavy atom. The Kier molecular flexibility index (Phi) is 13.3. The highest BCUT2D eigenvalue weighted by atomic mass is 17.2. The summed E-state index contributed by atoms with van der Waals surface area (Å²) in [6.07, 6.45) is -0.222. The first kappa shape index (κ1) is 31.2. The van der Waals surface area contributed by atoms with Gasteiger partial charge in [-0.2, -0.15) is 9.78 Å². The van der Waals surface area contributed by atoms with Gasteiger partial charge in [-0.3, -0.25) is 0 Å². The van der Waals surface area contributed by atoms with Gasteiger partial charge in [0.2, 0.25) is 12.6 Å². The summed E-state index contributed by atoms with van der Waals surface area (Å²) in [5, 5.41) is 0. The van der Waals surface area contributed by atoms with Crippen LogP contribution in [-0.2, 0) is 48.1 Å². The Morgan fingerprint density at radius 1 is 0.676 bits per heavy atom. The Bertz CT molecular complexity index is 677. The lowest BCUT2D eigenvalue weighted by Crippen LogP contribution is -2.27. The molecule has 0 radical (unpaired) electrons. The van der Waals surface area contributed by atoms with Gasteiger partial charge in [-0.25, -0.2) is 14.4 Å². The first-order valence-corrected chi connectivity index (χ1v) is 10.9. The summed E-state index contributed by atoms with van der Waals surface area (Å²) in [5.74, 6) is -1.60. The molecular formula is C23H38O11. The van der Waals surface area contributed by atoms with Gasteiger partial charge in [0.1, 0.15) is 23.7 Å².